The molecule has 0 saturated heterocycles. The van der Waals surface area contributed by atoms with Gasteiger partial charge >= 0.3 is 5.97 Å². The van der Waals surface area contributed by atoms with Crippen molar-refractivity contribution in [3.8, 4) is 0 Å². The molecule has 0 spiro atoms. The lowest BCUT2D eigenvalue weighted by atomic mass is 10.2. The standard InChI is InChI=1S/C12H13ClN4O2/c1-8(6-17-3-2-14-7-17)16-11-4-9(12(18)19)10(13)5-15-11/h2-5,7-8H,6H2,1H3,(H,15,16)(H,18,19). The first-order valence-electron chi connectivity index (χ1n) is 5.67. The highest BCUT2D eigenvalue weighted by Crippen LogP contribution is 2.18. The monoisotopic (exact) mass is 280 g/mol. The zero-order valence-electron chi connectivity index (χ0n) is 10.2. The number of nitrogens with one attached hydrogen (secondary N) is 1. The largest absolute Gasteiger partial charge is 0.478 e. The number of aromatic carboxylic acids is 1. The van der Waals surface area contributed by atoms with Gasteiger partial charge in [0.2, 0.25) is 0 Å². The average Bonchev–Trinajstić information content (AvgIpc) is 2.84. The van der Waals surface area contributed by atoms with Gasteiger partial charge in [-0.1, -0.05) is 11.6 Å². The van der Waals surface area contributed by atoms with E-state index in [1.807, 2.05) is 17.7 Å². The quantitative estimate of drug-likeness (QED) is 0.877. The molecule has 1 unspecified atom stereocenters. The SMILES string of the molecule is CC(Cn1ccnc1)Nc1cc(C(=O)O)c(Cl)cn1. The van der Waals surface area contributed by atoms with Crippen molar-refractivity contribution in [3.05, 3.63) is 41.6 Å². The summed E-state index contributed by atoms with van der Waals surface area (Å²) in [6.07, 6.45) is 6.61. The van der Waals surface area contributed by atoms with E-state index < -0.39 is 5.97 Å². The van der Waals surface area contributed by atoms with Crippen LogP contribution >= 0.6 is 11.6 Å². The van der Waals surface area contributed by atoms with Crippen LogP contribution in [-0.2, 0) is 6.54 Å². The van der Waals surface area contributed by atoms with E-state index >= 15 is 0 Å². The number of halogens is 1. The summed E-state index contributed by atoms with van der Waals surface area (Å²) in [6.45, 7) is 2.67. The van der Waals surface area contributed by atoms with Crippen molar-refractivity contribution < 1.29 is 9.90 Å². The smallest absolute Gasteiger partial charge is 0.337 e. The van der Waals surface area contributed by atoms with Crippen LogP contribution in [0.5, 0.6) is 0 Å². The minimum atomic E-state index is -1.07. The van der Waals surface area contributed by atoms with Gasteiger partial charge in [-0.25, -0.2) is 14.8 Å². The number of anilines is 1. The maximum absolute atomic E-state index is 11.0. The number of carboxylic acids is 1. The van der Waals surface area contributed by atoms with Crippen molar-refractivity contribution in [3.63, 3.8) is 0 Å². The number of imidazole rings is 1. The number of aromatic nitrogens is 3. The van der Waals surface area contributed by atoms with E-state index in [0.717, 1.165) is 0 Å². The molecule has 0 aliphatic carbocycles. The van der Waals surface area contributed by atoms with Crippen LogP contribution < -0.4 is 5.32 Å². The van der Waals surface area contributed by atoms with Crippen LogP contribution in [0.25, 0.3) is 0 Å². The predicted octanol–water partition coefficient (Wildman–Crippen LogP) is 2.13. The van der Waals surface area contributed by atoms with Gasteiger partial charge in [-0.3, -0.25) is 0 Å². The summed E-state index contributed by atoms with van der Waals surface area (Å²) in [7, 11) is 0. The Hall–Kier alpha value is -2.08. The van der Waals surface area contributed by atoms with Gasteiger partial charge in [-0.15, -0.1) is 0 Å². The Morgan fingerprint density at radius 2 is 2.42 bits per heavy atom. The highest BCUT2D eigenvalue weighted by Gasteiger charge is 2.11. The minimum Gasteiger partial charge on any atom is -0.478 e. The summed E-state index contributed by atoms with van der Waals surface area (Å²) in [4.78, 5) is 19.0. The first kappa shape index (κ1) is 13.4. The fraction of sp³-hybridized carbons (Fsp3) is 0.250. The normalized spacial score (nSPS) is 12.1. The van der Waals surface area contributed by atoms with Crippen molar-refractivity contribution in [2.45, 2.75) is 19.5 Å². The number of hydrogen-bond donors (Lipinski definition) is 2. The number of rotatable bonds is 5. The molecule has 0 bridgehead atoms. The van der Waals surface area contributed by atoms with Crippen molar-refractivity contribution in [1.29, 1.82) is 0 Å². The van der Waals surface area contributed by atoms with E-state index in [-0.39, 0.29) is 16.6 Å². The summed E-state index contributed by atoms with van der Waals surface area (Å²) in [5.41, 5.74) is 0.0361. The molecule has 0 aromatic carbocycles. The van der Waals surface area contributed by atoms with E-state index in [1.54, 1.807) is 12.5 Å². The molecule has 100 valence electrons. The van der Waals surface area contributed by atoms with Crippen molar-refractivity contribution in [2.24, 2.45) is 0 Å². The predicted molar refractivity (Wildman–Crippen MR) is 71.5 cm³/mol. The summed E-state index contributed by atoms with van der Waals surface area (Å²) in [6, 6.07) is 1.50. The van der Waals surface area contributed by atoms with Gasteiger partial charge < -0.3 is 15.0 Å². The molecule has 0 radical (unpaired) electrons. The number of carboxylic acid groups (broad SMARTS) is 1. The molecular formula is C12H13ClN4O2. The van der Waals surface area contributed by atoms with E-state index in [4.69, 9.17) is 16.7 Å². The number of carbonyl (C=O) groups is 1. The summed E-state index contributed by atoms with van der Waals surface area (Å²) in [5.74, 6) is -0.591. The third-order valence-electron chi connectivity index (χ3n) is 2.52. The van der Waals surface area contributed by atoms with Crippen molar-refractivity contribution in [1.82, 2.24) is 14.5 Å². The van der Waals surface area contributed by atoms with Gasteiger partial charge in [0.25, 0.3) is 0 Å². The molecular weight excluding hydrogens is 268 g/mol. The van der Waals surface area contributed by atoms with Crippen LogP contribution in [0.3, 0.4) is 0 Å². The second kappa shape index (κ2) is 5.71. The number of pyridine rings is 1. The molecule has 2 aromatic rings. The van der Waals surface area contributed by atoms with E-state index in [0.29, 0.717) is 12.4 Å². The Kier molecular flexibility index (Phi) is 4.01. The minimum absolute atomic E-state index is 0.0361. The second-order valence-electron chi connectivity index (χ2n) is 4.16. The molecule has 2 N–H and O–H groups in total. The fourth-order valence-corrected chi connectivity index (χ4v) is 1.87. The molecule has 0 fully saturated rings. The van der Waals surface area contributed by atoms with Crippen LogP contribution in [0.1, 0.15) is 17.3 Å². The molecule has 6 nitrogen and oxygen atoms in total. The lowest BCUT2D eigenvalue weighted by Crippen LogP contribution is -2.22. The van der Waals surface area contributed by atoms with Crippen LogP contribution in [-0.4, -0.2) is 31.7 Å². The van der Waals surface area contributed by atoms with Gasteiger partial charge in [0.05, 0.1) is 16.9 Å². The maximum Gasteiger partial charge on any atom is 0.337 e. The third kappa shape index (κ3) is 3.45. The van der Waals surface area contributed by atoms with Crippen molar-refractivity contribution >= 4 is 23.4 Å². The molecule has 0 amide bonds. The lowest BCUT2D eigenvalue weighted by Gasteiger charge is -2.15. The molecule has 0 saturated carbocycles. The highest BCUT2D eigenvalue weighted by molar-refractivity contribution is 6.33. The van der Waals surface area contributed by atoms with Crippen LogP contribution in [0.2, 0.25) is 5.02 Å². The average molecular weight is 281 g/mol. The Balaban J connectivity index is 2.06. The first-order chi connectivity index (χ1) is 9.06. The molecule has 0 aliphatic rings. The van der Waals surface area contributed by atoms with E-state index in [9.17, 15) is 4.79 Å². The Labute approximate surface area is 115 Å². The zero-order valence-corrected chi connectivity index (χ0v) is 11.0. The number of hydrogen-bond acceptors (Lipinski definition) is 4. The Bertz CT molecular complexity index is 571. The lowest BCUT2D eigenvalue weighted by molar-refractivity contribution is 0.0697. The summed E-state index contributed by atoms with van der Waals surface area (Å²) >= 11 is 5.76. The Morgan fingerprint density at radius 3 is 3.05 bits per heavy atom. The highest BCUT2D eigenvalue weighted by atomic mass is 35.5. The van der Waals surface area contributed by atoms with Crippen LogP contribution in [0.4, 0.5) is 5.82 Å². The van der Waals surface area contributed by atoms with Gasteiger partial charge in [0.15, 0.2) is 0 Å². The van der Waals surface area contributed by atoms with Crippen molar-refractivity contribution in [2.75, 3.05) is 5.32 Å². The number of nitrogens with zero attached hydrogens (tertiary/aromatic N) is 3. The molecule has 2 aromatic heterocycles. The molecule has 2 rings (SSSR count). The van der Waals surface area contributed by atoms with E-state index in [2.05, 4.69) is 15.3 Å². The maximum atomic E-state index is 11.0. The molecule has 19 heavy (non-hydrogen) atoms. The van der Waals surface area contributed by atoms with Crippen LogP contribution in [0.15, 0.2) is 31.0 Å². The van der Waals surface area contributed by atoms with Crippen LogP contribution in [0, 0.1) is 0 Å². The molecule has 7 heteroatoms. The van der Waals surface area contributed by atoms with Gasteiger partial charge in [-0.2, -0.15) is 0 Å². The Morgan fingerprint density at radius 1 is 1.63 bits per heavy atom. The first-order valence-corrected chi connectivity index (χ1v) is 6.05. The topological polar surface area (TPSA) is 80.0 Å². The third-order valence-corrected chi connectivity index (χ3v) is 2.83. The second-order valence-corrected chi connectivity index (χ2v) is 4.57. The van der Waals surface area contributed by atoms with Gasteiger partial charge in [-0.05, 0) is 13.0 Å². The van der Waals surface area contributed by atoms with Gasteiger partial charge in [0, 0.05) is 31.2 Å². The summed E-state index contributed by atoms with van der Waals surface area (Å²) in [5, 5.41) is 12.2. The molecule has 0 aliphatic heterocycles. The van der Waals surface area contributed by atoms with Gasteiger partial charge in [0.1, 0.15) is 5.82 Å². The summed E-state index contributed by atoms with van der Waals surface area (Å²) < 4.78 is 1.92. The molecule has 1 atom stereocenters. The zero-order chi connectivity index (χ0) is 13.8. The molecule has 2 heterocycles. The van der Waals surface area contributed by atoms with E-state index in [1.165, 1.54) is 12.3 Å². The fourth-order valence-electron chi connectivity index (χ4n) is 1.69.